The molecule has 0 nitrogen and oxygen atoms in total. The molecule has 0 atom stereocenters. The maximum Gasteiger partial charge on any atom is -0.0175 e. The molecule has 23 heavy (non-hydrogen) atoms. The predicted octanol–water partition coefficient (Wildman–Crippen LogP) is 6.45. The number of benzene rings is 3. The van der Waals surface area contributed by atoms with Crippen molar-refractivity contribution in [3.05, 3.63) is 83.4 Å². The molecular weight excluding hydrogens is 276 g/mol. The Bertz CT molecular complexity index is 712. The van der Waals surface area contributed by atoms with E-state index in [1.165, 1.54) is 38.9 Å². The maximum atomic E-state index is 2.30. The van der Waals surface area contributed by atoms with Gasteiger partial charge in [-0.05, 0) is 64.8 Å². The van der Waals surface area contributed by atoms with Crippen LogP contribution in [0, 0.1) is 6.92 Å². The van der Waals surface area contributed by atoms with Gasteiger partial charge >= 0.3 is 0 Å². The van der Waals surface area contributed by atoms with Crippen molar-refractivity contribution in [2.75, 3.05) is 0 Å². The molecule has 3 aromatic rings. The minimum atomic E-state index is 1.09. The Morgan fingerprint density at radius 2 is 0.913 bits per heavy atom. The van der Waals surface area contributed by atoms with Crippen LogP contribution in [-0.2, 0) is 12.8 Å². The number of rotatable bonds is 4. The minimum absolute atomic E-state index is 1.09. The van der Waals surface area contributed by atoms with Crippen molar-refractivity contribution in [1.29, 1.82) is 0 Å². The normalized spacial score (nSPS) is 10.7. The van der Waals surface area contributed by atoms with Crippen LogP contribution in [0.15, 0.2) is 66.7 Å². The SMILES string of the molecule is CCc1ccc(-c2cc(C)cc(-c3ccc(CC)cc3)c2)cc1. The maximum absolute atomic E-state index is 2.30. The monoisotopic (exact) mass is 300 g/mol. The first-order valence-corrected chi connectivity index (χ1v) is 8.50. The summed E-state index contributed by atoms with van der Waals surface area (Å²) < 4.78 is 0. The van der Waals surface area contributed by atoms with Gasteiger partial charge in [0.15, 0.2) is 0 Å². The van der Waals surface area contributed by atoms with Gasteiger partial charge in [-0.2, -0.15) is 0 Å². The fraction of sp³-hybridized carbons (Fsp3) is 0.217. The fourth-order valence-electron chi connectivity index (χ4n) is 2.98. The number of hydrogen-bond donors (Lipinski definition) is 0. The summed E-state index contributed by atoms with van der Waals surface area (Å²) in [5, 5.41) is 0. The van der Waals surface area contributed by atoms with Crippen LogP contribution < -0.4 is 0 Å². The Balaban J connectivity index is 2.00. The van der Waals surface area contributed by atoms with Crippen molar-refractivity contribution < 1.29 is 0 Å². The van der Waals surface area contributed by atoms with Crippen molar-refractivity contribution in [2.45, 2.75) is 33.6 Å². The second-order valence-electron chi connectivity index (χ2n) is 6.19. The van der Waals surface area contributed by atoms with Gasteiger partial charge in [0.2, 0.25) is 0 Å². The van der Waals surface area contributed by atoms with E-state index in [4.69, 9.17) is 0 Å². The topological polar surface area (TPSA) is 0 Å². The van der Waals surface area contributed by atoms with Gasteiger partial charge < -0.3 is 0 Å². The molecule has 3 aromatic carbocycles. The van der Waals surface area contributed by atoms with E-state index in [2.05, 4.69) is 87.5 Å². The first kappa shape index (κ1) is 15.6. The summed E-state index contributed by atoms with van der Waals surface area (Å²) in [6.07, 6.45) is 2.17. The molecule has 0 saturated heterocycles. The quantitative estimate of drug-likeness (QED) is 0.519. The summed E-state index contributed by atoms with van der Waals surface area (Å²) in [5.41, 5.74) is 9.24. The molecule has 0 unspecified atom stereocenters. The lowest BCUT2D eigenvalue weighted by molar-refractivity contribution is 1.14. The second kappa shape index (κ2) is 6.83. The molecule has 0 heteroatoms. The molecule has 0 bridgehead atoms. The first-order chi connectivity index (χ1) is 11.2. The van der Waals surface area contributed by atoms with E-state index in [-0.39, 0.29) is 0 Å². The largest absolute Gasteiger partial charge is 0.0613 e. The van der Waals surface area contributed by atoms with Crippen molar-refractivity contribution in [3.63, 3.8) is 0 Å². The smallest absolute Gasteiger partial charge is 0.0175 e. The highest BCUT2D eigenvalue weighted by Crippen LogP contribution is 2.28. The molecule has 0 radical (unpaired) electrons. The Kier molecular flexibility index (Phi) is 4.62. The Labute approximate surface area is 139 Å². The van der Waals surface area contributed by atoms with Gasteiger partial charge in [0.05, 0.1) is 0 Å². The summed E-state index contributed by atoms with van der Waals surface area (Å²) in [4.78, 5) is 0. The third-order valence-corrected chi connectivity index (χ3v) is 4.47. The summed E-state index contributed by atoms with van der Waals surface area (Å²) in [6.45, 7) is 6.56. The molecule has 0 aliphatic carbocycles. The van der Waals surface area contributed by atoms with Gasteiger partial charge in [0, 0.05) is 0 Å². The number of aryl methyl sites for hydroxylation is 3. The van der Waals surface area contributed by atoms with E-state index in [0.29, 0.717) is 0 Å². The lowest BCUT2D eigenvalue weighted by Crippen LogP contribution is -1.86. The van der Waals surface area contributed by atoms with Gasteiger partial charge in [-0.3, -0.25) is 0 Å². The zero-order valence-electron chi connectivity index (χ0n) is 14.3. The first-order valence-electron chi connectivity index (χ1n) is 8.50. The molecule has 0 amide bonds. The van der Waals surface area contributed by atoms with Crippen LogP contribution in [-0.4, -0.2) is 0 Å². The molecule has 0 spiro atoms. The average Bonchev–Trinajstić information content (AvgIpc) is 2.61. The molecular formula is C23H24. The van der Waals surface area contributed by atoms with E-state index >= 15 is 0 Å². The zero-order valence-corrected chi connectivity index (χ0v) is 14.3. The van der Waals surface area contributed by atoms with Crippen LogP contribution in [0.25, 0.3) is 22.3 Å². The van der Waals surface area contributed by atoms with Crippen LogP contribution in [0.3, 0.4) is 0 Å². The van der Waals surface area contributed by atoms with Crippen molar-refractivity contribution in [2.24, 2.45) is 0 Å². The molecule has 0 fully saturated rings. The van der Waals surface area contributed by atoms with Crippen LogP contribution in [0.1, 0.15) is 30.5 Å². The van der Waals surface area contributed by atoms with Crippen molar-refractivity contribution >= 4 is 0 Å². The summed E-state index contributed by atoms with van der Waals surface area (Å²) in [7, 11) is 0. The molecule has 0 heterocycles. The van der Waals surface area contributed by atoms with Gasteiger partial charge in [0.1, 0.15) is 0 Å². The summed E-state index contributed by atoms with van der Waals surface area (Å²) in [6, 6.07) is 24.7. The van der Waals surface area contributed by atoms with E-state index in [0.717, 1.165) is 12.8 Å². The van der Waals surface area contributed by atoms with Crippen LogP contribution in [0.5, 0.6) is 0 Å². The molecule has 0 aromatic heterocycles. The lowest BCUT2D eigenvalue weighted by Gasteiger charge is -2.10. The van der Waals surface area contributed by atoms with Crippen molar-refractivity contribution in [3.8, 4) is 22.3 Å². The van der Waals surface area contributed by atoms with Gasteiger partial charge in [-0.25, -0.2) is 0 Å². The Morgan fingerprint density at radius 1 is 0.522 bits per heavy atom. The standard InChI is InChI=1S/C23H24/c1-4-18-6-10-20(11-7-18)22-14-17(3)15-23(16-22)21-12-8-19(5-2)9-13-21/h6-16H,4-5H2,1-3H3. The lowest BCUT2D eigenvalue weighted by atomic mass is 9.95. The minimum Gasteiger partial charge on any atom is -0.0613 e. The third-order valence-electron chi connectivity index (χ3n) is 4.47. The molecule has 3 rings (SSSR count). The predicted molar refractivity (Wildman–Crippen MR) is 101 cm³/mol. The highest BCUT2D eigenvalue weighted by atomic mass is 14.1. The highest BCUT2D eigenvalue weighted by Gasteiger charge is 2.04. The van der Waals surface area contributed by atoms with Gasteiger partial charge in [0.25, 0.3) is 0 Å². The van der Waals surface area contributed by atoms with E-state index in [9.17, 15) is 0 Å². The Hall–Kier alpha value is -2.34. The fourth-order valence-corrected chi connectivity index (χ4v) is 2.98. The highest BCUT2D eigenvalue weighted by molar-refractivity contribution is 5.74. The van der Waals surface area contributed by atoms with Gasteiger partial charge in [-0.1, -0.05) is 74.5 Å². The van der Waals surface area contributed by atoms with Crippen LogP contribution in [0.2, 0.25) is 0 Å². The zero-order chi connectivity index (χ0) is 16.2. The molecule has 0 N–H and O–H groups in total. The van der Waals surface area contributed by atoms with E-state index < -0.39 is 0 Å². The number of hydrogen-bond acceptors (Lipinski definition) is 0. The van der Waals surface area contributed by atoms with Crippen molar-refractivity contribution in [1.82, 2.24) is 0 Å². The average molecular weight is 300 g/mol. The van der Waals surface area contributed by atoms with Gasteiger partial charge in [-0.15, -0.1) is 0 Å². The Morgan fingerprint density at radius 3 is 1.26 bits per heavy atom. The van der Waals surface area contributed by atoms with E-state index in [1.54, 1.807) is 0 Å². The summed E-state index contributed by atoms with van der Waals surface area (Å²) in [5.74, 6) is 0. The summed E-state index contributed by atoms with van der Waals surface area (Å²) >= 11 is 0. The molecule has 0 saturated carbocycles. The van der Waals surface area contributed by atoms with Crippen LogP contribution in [0.4, 0.5) is 0 Å². The molecule has 116 valence electrons. The third kappa shape index (κ3) is 3.53. The second-order valence-corrected chi connectivity index (χ2v) is 6.19. The molecule has 0 aliphatic heterocycles. The molecule has 0 aliphatic rings. The van der Waals surface area contributed by atoms with E-state index in [1.807, 2.05) is 0 Å². The van der Waals surface area contributed by atoms with Crippen LogP contribution >= 0.6 is 0 Å².